The number of hydrogen-bond donors (Lipinski definition) is 1. The molecule has 0 aliphatic carbocycles. The van der Waals surface area contributed by atoms with Gasteiger partial charge in [-0.3, -0.25) is 14.9 Å². The fourth-order valence-corrected chi connectivity index (χ4v) is 4.05. The number of aromatic nitrogens is 2. The lowest BCUT2D eigenvalue weighted by Gasteiger charge is -2.32. The van der Waals surface area contributed by atoms with Crippen LogP contribution in [0.2, 0.25) is 0 Å². The summed E-state index contributed by atoms with van der Waals surface area (Å²) in [5.74, 6) is 0.0517. The first kappa shape index (κ1) is 23.3. The van der Waals surface area contributed by atoms with Crippen molar-refractivity contribution in [3.63, 3.8) is 0 Å². The van der Waals surface area contributed by atoms with Gasteiger partial charge in [-0.15, -0.1) is 0 Å². The number of carbonyl (C=O) groups is 1. The molecule has 0 bridgehead atoms. The molecule has 2 aromatic carbocycles. The molecule has 1 saturated heterocycles. The lowest BCUT2D eigenvalue weighted by Crippen LogP contribution is -2.38. The summed E-state index contributed by atoms with van der Waals surface area (Å²) in [7, 11) is 0. The number of nitrogens with one attached hydrogen (secondary N) is 1. The second-order valence-corrected chi connectivity index (χ2v) is 8.07. The van der Waals surface area contributed by atoms with Gasteiger partial charge in [-0.1, -0.05) is 30.3 Å². The molecule has 178 valence electrons. The smallest absolute Gasteiger partial charge is 0.366 e. The molecule has 0 saturated carbocycles. The number of carbonyl (C=O) groups excluding carboxylic acids is 1. The van der Waals surface area contributed by atoms with Crippen molar-refractivity contribution in [2.24, 2.45) is 5.92 Å². The zero-order valence-electron chi connectivity index (χ0n) is 18.0. The van der Waals surface area contributed by atoms with Crippen molar-refractivity contribution in [1.82, 2.24) is 9.78 Å². The molecule has 3 aromatic rings. The molecule has 0 radical (unpaired) electrons. The predicted molar refractivity (Wildman–Crippen MR) is 119 cm³/mol. The lowest BCUT2D eigenvalue weighted by atomic mass is 9.95. The highest BCUT2D eigenvalue weighted by Crippen LogP contribution is 2.37. The Morgan fingerprint density at radius 1 is 1.12 bits per heavy atom. The number of anilines is 2. The molecule has 34 heavy (non-hydrogen) atoms. The van der Waals surface area contributed by atoms with Gasteiger partial charge in [0, 0.05) is 31.1 Å². The number of rotatable bonds is 6. The summed E-state index contributed by atoms with van der Waals surface area (Å²) < 4.78 is 40.6. The maximum absolute atomic E-state index is 13.0. The van der Waals surface area contributed by atoms with Crippen molar-refractivity contribution in [3.05, 3.63) is 82.0 Å². The van der Waals surface area contributed by atoms with Gasteiger partial charge in [-0.05, 0) is 30.5 Å². The fourth-order valence-electron chi connectivity index (χ4n) is 4.05. The highest BCUT2D eigenvalue weighted by atomic mass is 19.4. The Bertz CT molecular complexity index is 1170. The first-order chi connectivity index (χ1) is 16.2. The molecule has 0 unspecified atom stereocenters. The zero-order valence-corrected chi connectivity index (χ0v) is 18.0. The number of piperidine rings is 1. The third kappa shape index (κ3) is 5.19. The molecule has 11 heteroatoms. The minimum Gasteiger partial charge on any atom is -0.366 e. The van der Waals surface area contributed by atoms with E-state index in [2.05, 4.69) is 10.4 Å². The van der Waals surface area contributed by atoms with Crippen molar-refractivity contribution >= 4 is 23.1 Å². The van der Waals surface area contributed by atoms with Crippen molar-refractivity contribution < 1.29 is 22.9 Å². The molecule has 2 heterocycles. The van der Waals surface area contributed by atoms with Crippen LogP contribution < -0.4 is 10.2 Å². The summed E-state index contributed by atoms with van der Waals surface area (Å²) in [6, 6.07) is 13.9. The Morgan fingerprint density at radius 3 is 2.47 bits per heavy atom. The van der Waals surface area contributed by atoms with E-state index in [1.165, 1.54) is 0 Å². The molecule has 1 aliphatic heterocycles. The van der Waals surface area contributed by atoms with Crippen LogP contribution in [0.15, 0.2) is 60.8 Å². The minimum absolute atomic E-state index is 0.123. The SMILES string of the molecule is O=C(Nc1ccnn1Cc1ccccc1)C1CCN(c2ccc(C(F)(F)F)cc2[N+](=O)[O-])CC1. The van der Waals surface area contributed by atoms with E-state index in [-0.39, 0.29) is 17.5 Å². The second kappa shape index (κ2) is 9.54. The van der Waals surface area contributed by atoms with E-state index in [0.717, 1.165) is 17.7 Å². The Kier molecular flexibility index (Phi) is 6.53. The molecule has 1 N–H and O–H groups in total. The molecular weight excluding hydrogens is 451 g/mol. The van der Waals surface area contributed by atoms with Crippen LogP contribution in [0, 0.1) is 16.0 Å². The third-order valence-corrected chi connectivity index (χ3v) is 5.85. The topological polar surface area (TPSA) is 93.3 Å². The van der Waals surface area contributed by atoms with E-state index in [0.29, 0.717) is 44.4 Å². The van der Waals surface area contributed by atoms with Crippen LogP contribution in [-0.2, 0) is 17.5 Å². The van der Waals surface area contributed by atoms with E-state index < -0.39 is 22.4 Å². The summed E-state index contributed by atoms with van der Waals surface area (Å²) in [5.41, 5.74) is -0.502. The molecule has 0 atom stereocenters. The number of amides is 1. The van der Waals surface area contributed by atoms with Gasteiger partial charge in [0.05, 0.1) is 23.2 Å². The first-order valence-electron chi connectivity index (χ1n) is 10.7. The summed E-state index contributed by atoms with van der Waals surface area (Å²) in [6.07, 6.45) is -2.24. The quantitative estimate of drug-likeness (QED) is 0.413. The Hall–Kier alpha value is -3.89. The molecule has 1 aromatic heterocycles. The predicted octanol–water partition coefficient (Wildman–Crippen LogP) is 4.71. The molecule has 0 spiro atoms. The summed E-state index contributed by atoms with van der Waals surface area (Å²) in [4.78, 5) is 25.1. The number of benzene rings is 2. The standard InChI is InChI=1S/C23H22F3N5O3/c24-23(25,26)18-6-7-19(20(14-18)31(33)34)29-12-9-17(10-13-29)22(32)28-21-8-11-27-30(21)15-16-4-2-1-3-5-16/h1-8,11,14,17H,9-10,12-13,15H2,(H,28,32). The number of alkyl halides is 3. The van der Waals surface area contributed by atoms with Gasteiger partial charge < -0.3 is 10.2 Å². The summed E-state index contributed by atoms with van der Waals surface area (Å²) in [6.45, 7) is 1.13. The molecule has 1 aliphatic rings. The van der Waals surface area contributed by atoms with Crippen molar-refractivity contribution in [2.45, 2.75) is 25.6 Å². The van der Waals surface area contributed by atoms with Gasteiger partial charge >= 0.3 is 6.18 Å². The highest BCUT2D eigenvalue weighted by Gasteiger charge is 2.35. The third-order valence-electron chi connectivity index (χ3n) is 5.85. The largest absolute Gasteiger partial charge is 0.416 e. The second-order valence-electron chi connectivity index (χ2n) is 8.07. The molecule has 8 nitrogen and oxygen atoms in total. The molecule has 4 rings (SSSR count). The minimum atomic E-state index is -4.67. The van der Waals surface area contributed by atoms with Crippen LogP contribution in [0.25, 0.3) is 0 Å². The van der Waals surface area contributed by atoms with Crippen LogP contribution in [0.1, 0.15) is 24.0 Å². The van der Waals surface area contributed by atoms with Crippen LogP contribution in [0.4, 0.5) is 30.4 Å². The van der Waals surface area contributed by atoms with Gasteiger partial charge in [-0.25, -0.2) is 4.68 Å². The van der Waals surface area contributed by atoms with E-state index >= 15 is 0 Å². The maximum atomic E-state index is 13.0. The maximum Gasteiger partial charge on any atom is 0.416 e. The highest BCUT2D eigenvalue weighted by molar-refractivity contribution is 5.92. The van der Waals surface area contributed by atoms with Crippen molar-refractivity contribution in [1.29, 1.82) is 0 Å². The number of nitro benzene ring substituents is 1. The van der Waals surface area contributed by atoms with E-state index in [1.54, 1.807) is 21.8 Å². The zero-order chi connectivity index (χ0) is 24.3. The van der Waals surface area contributed by atoms with Crippen LogP contribution in [0.5, 0.6) is 0 Å². The molecule has 1 amide bonds. The number of halogens is 3. The summed E-state index contributed by atoms with van der Waals surface area (Å²) in [5, 5.41) is 18.6. The number of nitrogens with zero attached hydrogens (tertiary/aromatic N) is 4. The van der Waals surface area contributed by atoms with Crippen molar-refractivity contribution in [3.8, 4) is 0 Å². The van der Waals surface area contributed by atoms with Crippen LogP contribution in [-0.4, -0.2) is 33.7 Å². The van der Waals surface area contributed by atoms with Crippen molar-refractivity contribution in [2.75, 3.05) is 23.3 Å². The number of hydrogen-bond acceptors (Lipinski definition) is 5. The number of nitro groups is 1. The van der Waals surface area contributed by atoms with Gasteiger partial charge in [0.25, 0.3) is 5.69 Å². The van der Waals surface area contributed by atoms with E-state index in [4.69, 9.17) is 0 Å². The Morgan fingerprint density at radius 2 is 1.82 bits per heavy atom. The van der Waals surface area contributed by atoms with Gasteiger partial charge in [0.15, 0.2) is 0 Å². The van der Waals surface area contributed by atoms with Crippen LogP contribution in [0.3, 0.4) is 0 Å². The van der Waals surface area contributed by atoms with Gasteiger partial charge in [0.2, 0.25) is 5.91 Å². The lowest BCUT2D eigenvalue weighted by molar-refractivity contribution is -0.384. The Balaban J connectivity index is 1.40. The average Bonchev–Trinajstić information content (AvgIpc) is 3.25. The molecule has 1 fully saturated rings. The normalized spacial score (nSPS) is 14.7. The summed E-state index contributed by atoms with van der Waals surface area (Å²) >= 11 is 0. The monoisotopic (exact) mass is 473 g/mol. The van der Waals surface area contributed by atoms with Gasteiger partial charge in [0.1, 0.15) is 11.5 Å². The first-order valence-corrected chi connectivity index (χ1v) is 10.7. The van der Waals surface area contributed by atoms with Gasteiger partial charge in [-0.2, -0.15) is 18.3 Å². The molecular formula is C23H22F3N5O3. The Labute approximate surface area is 193 Å². The van der Waals surface area contributed by atoms with E-state index in [9.17, 15) is 28.1 Å². The fraction of sp³-hybridized carbons (Fsp3) is 0.304. The van der Waals surface area contributed by atoms with Crippen LogP contribution >= 0.6 is 0 Å². The average molecular weight is 473 g/mol. The van der Waals surface area contributed by atoms with E-state index in [1.807, 2.05) is 30.3 Å².